The van der Waals surface area contributed by atoms with Gasteiger partial charge in [-0.05, 0) is 108 Å². The second kappa shape index (κ2) is 30.2. The molecule has 3 aliphatic rings. The van der Waals surface area contributed by atoms with Crippen molar-refractivity contribution in [2.24, 2.45) is 29.6 Å². The molecule has 0 radical (unpaired) electrons. The predicted octanol–water partition coefficient (Wildman–Crippen LogP) is 3.65. The summed E-state index contributed by atoms with van der Waals surface area (Å²) < 4.78 is 17.4. The summed E-state index contributed by atoms with van der Waals surface area (Å²) in [4.78, 5) is 164. The standard InChI is InChI=1S/C60H93N7O15/c1-17-36(10)49-47(69)31-48(70)82-52(34(6)7)51(71)37(11)55(74)67(35(8)9)45(29-33(4)5)59(78)66-27-19-21-43(66)58(77)64(15)46(30-40-22-24-41(80-16)25-23-40)60(79)81-39(13)50(54(73)61-49)62-53(72)44(28-32(2)3)63(14)57(76)42-20-18-26-65(42)56(75)38(12)68/h22-25,32-37,39,42-47,49-50,52,69H,17-21,26-31H2,1-16H3,(H,61,73)(H,62,72)/t36-,37-,39+,42-,43-,44+,45-,46-,47-,49-,50-,52-/m0/s1. The number of ketones is 2. The molecule has 0 bridgehead atoms. The quantitative estimate of drug-likeness (QED) is 0.121. The zero-order valence-electron chi connectivity index (χ0n) is 51.2. The molecule has 0 saturated carbocycles. The Balaban J connectivity index is 1.93. The minimum absolute atomic E-state index is 0.0539. The van der Waals surface area contributed by atoms with Gasteiger partial charge < -0.3 is 54.5 Å². The molecule has 4 rings (SSSR count). The van der Waals surface area contributed by atoms with Crippen LogP contribution in [0.2, 0.25) is 0 Å². The SMILES string of the molecule is CC[C@H](C)[C@@H]1NC(=O)[C@@H](NC(=O)[C@@H](CC(C)C)N(C)C(=O)[C@@H]2CCCN2C(=O)C(C)=O)[C@@H](C)OC(=O)[C@H](Cc2ccc(OC)cc2)N(C)C(=O)[C@@H]2CCCN2C(=O)[C@H](CC(C)C)N(C(C)C)C(=O)[C@@H](C)C(=O)[C@H](C(C)C)OC(=O)C[C@@H]1O. The van der Waals surface area contributed by atoms with Gasteiger partial charge in [-0.1, -0.05) is 73.9 Å². The maximum absolute atomic E-state index is 15.2. The van der Waals surface area contributed by atoms with Crippen molar-refractivity contribution in [1.82, 2.24) is 35.1 Å². The molecule has 22 nitrogen and oxygen atoms in total. The normalized spacial score (nSPS) is 26.9. The second-order valence-electron chi connectivity index (χ2n) is 24.1. The molecule has 1 aromatic carbocycles. The van der Waals surface area contributed by atoms with Gasteiger partial charge in [-0.3, -0.25) is 47.9 Å². The Hall–Kier alpha value is -6.45. The van der Waals surface area contributed by atoms with Crippen molar-refractivity contribution in [3.63, 3.8) is 0 Å². The molecule has 3 fully saturated rings. The number of esters is 2. The number of fused-ring (bicyclic) bond motifs is 1. The third-order valence-electron chi connectivity index (χ3n) is 16.2. The van der Waals surface area contributed by atoms with Crippen LogP contribution in [0.3, 0.4) is 0 Å². The van der Waals surface area contributed by atoms with Gasteiger partial charge in [0.05, 0.1) is 31.6 Å². The lowest BCUT2D eigenvalue weighted by Gasteiger charge is -2.40. The molecule has 3 heterocycles. The Labute approximate surface area is 484 Å². The number of likely N-dealkylation sites (N-methyl/N-ethyl adjacent to an activating group) is 2. The van der Waals surface area contributed by atoms with Gasteiger partial charge in [0.1, 0.15) is 48.1 Å². The highest BCUT2D eigenvalue weighted by molar-refractivity contribution is 6.35. The number of aliphatic hydroxyl groups excluding tert-OH is 1. The van der Waals surface area contributed by atoms with Crippen molar-refractivity contribution in [2.45, 2.75) is 214 Å². The van der Waals surface area contributed by atoms with Crippen molar-refractivity contribution in [3.8, 4) is 5.75 Å². The first-order chi connectivity index (χ1) is 38.4. The molecule has 3 N–H and O–H groups in total. The summed E-state index contributed by atoms with van der Waals surface area (Å²) in [6, 6.07) is -2.89. The highest BCUT2D eigenvalue weighted by atomic mass is 16.6. The van der Waals surface area contributed by atoms with Crippen molar-refractivity contribution in [1.29, 1.82) is 0 Å². The van der Waals surface area contributed by atoms with Crippen LogP contribution in [0.25, 0.3) is 0 Å². The fourth-order valence-electron chi connectivity index (χ4n) is 11.2. The van der Waals surface area contributed by atoms with Crippen molar-refractivity contribution in [2.75, 3.05) is 34.3 Å². The van der Waals surface area contributed by atoms with Crippen LogP contribution in [0.4, 0.5) is 0 Å². The molecular weight excluding hydrogens is 1060 g/mol. The van der Waals surface area contributed by atoms with Gasteiger partial charge in [0.15, 0.2) is 11.9 Å². The Bertz CT molecular complexity index is 2470. The van der Waals surface area contributed by atoms with Gasteiger partial charge in [-0.25, -0.2) is 4.79 Å². The van der Waals surface area contributed by atoms with Crippen LogP contribution in [0.15, 0.2) is 24.3 Å². The van der Waals surface area contributed by atoms with Gasteiger partial charge in [0.2, 0.25) is 41.2 Å². The molecule has 12 atom stereocenters. The van der Waals surface area contributed by atoms with Crippen LogP contribution in [-0.2, 0) is 68.6 Å². The van der Waals surface area contributed by atoms with E-state index in [0.29, 0.717) is 30.6 Å². The van der Waals surface area contributed by atoms with Crippen LogP contribution < -0.4 is 15.4 Å². The van der Waals surface area contributed by atoms with Crippen molar-refractivity contribution >= 4 is 64.9 Å². The van der Waals surface area contributed by atoms with E-state index >= 15 is 19.2 Å². The lowest BCUT2D eigenvalue weighted by Crippen LogP contribution is -2.62. The number of benzene rings is 1. The summed E-state index contributed by atoms with van der Waals surface area (Å²) in [5, 5.41) is 17.5. The van der Waals surface area contributed by atoms with Crippen LogP contribution in [0, 0.1) is 29.6 Å². The molecule has 0 aliphatic carbocycles. The molecule has 22 heteroatoms. The molecule has 1 aromatic rings. The van der Waals surface area contributed by atoms with E-state index in [1.807, 2.05) is 27.7 Å². The summed E-state index contributed by atoms with van der Waals surface area (Å²) in [6.07, 6.45) is -3.75. The van der Waals surface area contributed by atoms with Crippen LogP contribution in [0.5, 0.6) is 5.75 Å². The number of likely N-dealkylation sites (tertiary alicyclic amines) is 1. The number of hydrogen-bond donors (Lipinski definition) is 3. The number of carbonyl (C=O) groups excluding carboxylic acids is 11. The molecule has 0 unspecified atom stereocenters. The van der Waals surface area contributed by atoms with Crippen molar-refractivity contribution in [3.05, 3.63) is 29.8 Å². The van der Waals surface area contributed by atoms with E-state index in [4.69, 9.17) is 14.2 Å². The monoisotopic (exact) mass is 1150 g/mol. The number of nitrogens with one attached hydrogen (secondary N) is 2. The fraction of sp³-hybridized carbons (Fsp3) is 0.717. The number of rotatable bonds is 16. The zero-order valence-corrected chi connectivity index (χ0v) is 51.2. The fourth-order valence-corrected chi connectivity index (χ4v) is 11.2. The predicted molar refractivity (Wildman–Crippen MR) is 303 cm³/mol. The number of aliphatic hydroxyl groups is 1. The van der Waals surface area contributed by atoms with E-state index < -0.39 is 156 Å². The number of cyclic esters (lactones) is 2. The van der Waals surface area contributed by atoms with Gasteiger partial charge in [-0.2, -0.15) is 0 Å². The minimum atomic E-state index is -1.78. The molecule has 3 aliphatic heterocycles. The first-order valence-corrected chi connectivity index (χ1v) is 29.2. The molecule has 0 aromatic heterocycles. The number of ether oxygens (including phenoxy) is 3. The topological polar surface area (TPSA) is 276 Å². The van der Waals surface area contributed by atoms with E-state index in [2.05, 4.69) is 10.6 Å². The lowest BCUT2D eigenvalue weighted by molar-refractivity contribution is -0.165. The van der Waals surface area contributed by atoms with E-state index in [1.165, 1.54) is 59.6 Å². The smallest absolute Gasteiger partial charge is 0.329 e. The maximum atomic E-state index is 15.2. The number of Topliss-reactive ketones (excluding diaryl/α,β-unsaturated/α-hetero) is 2. The maximum Gasteiger partial charge on any atom is 0.329 e. The lowest BCUT2D eigenvalue weighted by atomic mass is 9.90. The molecular formula is C60H93N7O15. The number of nitrogens with zero attached hydrogens (tertiary/aromatic N) is 5. The Morgan fingerprint density at radius 1 is 0.841 bits per heavy atom. The molecule has 82 heavy (non-hydrogen) atoms. The number of methoxy groups -OCH3 is 1. The summed E-state index contributed by atoms with van der Waals surface area (Å²) >= 11 is 0. The van der Waals surface area contributed by atoms with Gasteiger partial charge in [-0.15, -0.1) is 0 Å². The number of hydrogen-bond acceptors (Lipinski definition) is 15. The van der Waals surface area contributed by atoms with Crippen LogP contribution in [-0.4, -0.2) is 195 Å². The van der Waals surface area contributed by atoms with E-state index in [0.717, 1.165) is 6.92 Å². The average Bonchev–Trinajstić information content (AvgIpc) is 4.16. The van der Waals surface area contributed by atoms with Crippen molar-refractivity contribution < 1.29 is 72.1 Å². The zero-order chi connectivity index (χ0) is 61.8. The number of carbonyl (C=O) groups is 11. The van der Waals surface area contributed by atoms with Gasteiger partial charge in [0, 0.05) is 46.6 Å². The summed E-state index contributed by atoms with van der Waals surface area (Å²) in [5.74, 6) is -11.1. The molecule has 7 amide bonds. The Morgan fingerprint density at radius 3 is 2.01 bits per heavy atom. The molecule has 3 saturated heterocycles. The van der Waals surface area contributed by atoms with Gasteiger partial charge >= 0.3 is 11.9 Å². The van der Waals surface area contributed by atoms with Crippen LogP contribution in [0.1, 0.15) is 147 Å². The first-order valence-electron chi connectivity index (χ1n) is 29.2. The van der Waals surface area contributed by atoms with E-state index in [-0.39, 0.29) is 57.0 Å². The third-order valence-corrected chi connectivity index (χ3v) is 16.2. The summed E-state index contributed by atoms with van der Waals surface area (Å²) in [7, 11) is 4.29. The largest absolute Gasteiger partial charge is 0.497 e. The highest BCUT2D eigenvalue weighted by Crippen LogP contribution is 2.30. The Kier molecular flexibility index (Phi) is 25.1. The number of amides is 7. The minimum Gasteiger partial charge on any atom is -0.497 e. The first kappa shape index (κ1) is 68.1. The summed E-state index contributed by atoms with van der Waals surface area (Å²) in [5.41, 5.74) is 0.569. The summed E-state index contributed by atoms with van der Waals surface area (Å²) in [6.45, 7) is 21.7. The van der Waals surface area contributed by atoms with Gasteiger partial charge in [0.25, 0.3) is 5.91 Å². The molecule has 458 valence electrons. The Morgan fingerprint density at radius 2 is 1.46 bits per heavy atom. The van der Waals surface area contributed by atoms with E-state index in [1.54, 1.807) is 65.8 Å². The second-order valence-corrected chi connectivity index (χ2v) is 24.1. The highest BCUT2D eigenvalue weighted by Gasteiger charge is 2.48. The third kappa shape index (κ3) is 16.9. The average molecular weight is 1150 g/mol. The molecule has 0 spiro atoms. The van der Waals surface area contributed by atoms with E-state index in [9.17, 15) is 38.7 Å². The van der Waals surface area contributed by atoms with Crippen LogP contribution >= 0.6 is 0 Å².